The zero-order valence-corrected chi connectivity index (χ0v) is 13.7. The van der Waals surface area contributed by atoms with Crippen LogP contribution in [0.25, 0.3) is 0 Å². The van der Waals surface area contributed by atoms with Gasteiger partial charge in [0, 0.05) is 11.6 Å². The lowest BCUT2D eigenvalue weighted by Crippen LogP contribution is -2.31. The molecular weight excluding hydrogens is 365 g/mol. The Labute approximate surface area is 149 Å². The number of nitrogens with one attached hydrogen (secondary N) is 3. The van der Waals surface area contributed by atoms with Gasteiger partial charge >= 0.3 is 5.69 Å². The molecule has 0 aliphatic rings. The standard InChI is InChI=1S/C14H10FN7O3S/c15-9-4-2-1-3-8(9)13(23)21-20-12-10(22(24)25)11(17-7-18-12)19-14-16-5-6-26-14/h1-7H,(H,21,23)(H2,16,17,18,19,20). The number of anilines is 3. The van der Waals surface area contributed by atoms with E-state index in [4.69, 9.17) is 0 Å². The van der Waals surface area contributed by atoms with E-state index in [9.17, 15) is 19.3 Å². The normalized spacial score (nSPS) is 10.2. The molecule has 2 aromatic heterocycles. The van der Waals surface area contributed by atoms with E-state index < -0.39 is 22.3 Å². The molecule has 1 amide bonds. The maximum absolute atomic E-state index is 13.6. The Morgan fingerprint density at radius 2 is 1.96 bits per heavy atom. The van der Waals surface area contributed by atoms with Crippen molar-refractivity contribution in [2.75, 3.05) is 10.7 Å². The average Bonchev–Trinajstić information content (AvgIpc) is 3.13. The van der Waals surface area contributed by atoms with Crippen molar-refractivity contribution in [2.24, 2.45) is 0 Å². The van der Waals surface area contributed by atoms with Crippen molar-refractivity contribution in [1.29, 1.82) is 0 Å². The lowest BCUT2D eigenvalue weighted by atomic mass is 10.2. The average molecular weight is 375 g/mol. The smallest absolute Gasteiger partial charge is 0.310 e. The van der Waals surface area contributed by atoms with E-state index in [-0.39, 0.29) is 17.2 Å². The van der Waals surface area contributed by atoms with E-state index in [2.05, 4.69) is 31.1 Å². The molecule has 132 valence electrons. The van der Waals surface area contributed by atoms with Crippen LogP contribution in [0, 0.1) is 15.9 Å². The molecule has 1 aromatic carbocycles. The SMILES string of the molecule is O=C(NNc1ncnc(Nc2nccs2)c1[N+](=O)[O-])c1ccccc1F. The van der Waals surface area contributed by atoms with Crippen molar-refractivity contribution in [3.8, 4) is 0 Å². The molecule has 0 bridgehead atoms. The second-order valence-electron chi connectivity index (χ2n) is 4.70. The summed E-state index contributed by atoms with van der Waals surface area (Å²) in [5.41, 5.74) is 3.77. The van der Waals surface area contributed by atoms with Crippen LogP contribution in [0.15, 0.2) is 42.2 Å². The zero-order chi connectivity index (χ0) is 18.5. The first-order valence-electron chi connectivity index (χ1n) is 7.03. The molecule has 0 radical (unpaired) electrons. The van der Waals surface area contributed by atoms with E-state index in [1.807, 2.05) is 0 Å². The van der Waals surface area contributed by atoms with Crippen LogP contribution in [0.5, 0.6) is 0 Å². The Balaban J connectivity index is 1.82. The number of carbonyl (C=O) groups excluding carboxylic acids is 1. The number of hydrogen-bond acceptors (Lipinski definition) is 9. The number of rotatable bonds is 6. The maximum atomic E-state index is 13.6. The van der Waals surface area contributed by atoms with Crippen LogP contribution in [0.1, 0.15) is 10.4 Å². The Bertz CT molecular complexity index is 951. The monoisotopic (exact) mass is 375 g/mol. The molecule has 0 unspecified atom stereocenters. The number of hydrogen-bond donors (Lipinski definition) is 3. The topological polar surface area (TPSA) is 135 Å². The fraction of sp³-hybridized carbons (Fsp3) is 0. The minimum absolute atomic E-state index is 0.109. The molecule has 0 saturated carbocycles. The summed E-state index contributed by atoms with van der Waals surface area (Å²) in [4.78, 5) is 34.2. The third-order valence-corrected chi connectivity index (χ3v) is 3.76. The van der Waals surface area contributed by atoms with E-state index >= 15 is 0 Å². The number of aromatic nitrogens is 3. The van der Waals surface area contributed by atoms with Gasteiger partial charge in [0.05, 0.1) is 10.5 Å². The number of amides is 1. The number of thiazole rings is 1. The molecule has 26 heavy (non-hydrogen) atoms. The molecule has 0 saturated heterocycles. The van der Waals surface area contributed by atoms with Crippen LogP contribution in [-0.2, 0) is 0 Å². The highest BCUT2D eigenvalue weighted by Crippen LogP contribution is 2.31. The fourth-order valence-electron chi connectivity index (χ4n) is 1.95. The molecule has 12 heteroatoms. The summed E-state index contributed by atoms with van der Waals surface area (Å²) in [6, 6.07) is 5.32. The van der Waals surface area contributed by atoms with Gasteiger partial charge in [0.1, 0.15) is 12.1 Å². The number of benzene rings is 1. The largest absolute Gasteiger partial charge is 0.355 e. The van der Waals surface area contributed by atoms with Gasteiger partial charge in [0.2, 0.25) is 11.6 Å². The number of hydrazine groups is 1. The number of halogens is 1. The van der Waals surface area contributed by atoms with Crippen LogP contribution in [0.3, 0.4) is 0 Å². The van der Waals surface area contributed by atoms with Gasteiger partial charge in [0.25, 0.3) is 5.91 Å². The van der Waals surface area contributed by atoms with Gasteiger partial charge in [-0.1, -0.05) is 12.1 Å². The maximum Gasteiger partial charge on any atom is 0.355 e. The highest BCUT2D eigenvalue weighted by molar-refractivity contribution is 7.13. The molecule has 0 aliphatic heterocycles. The van der Waals surface area contributed by atoms with Gasteiger partial charge in [-0.2, -0.15) is 0 Å². The first-order chi connectivity index (χ1) is 12.6. The van der Waals surface area contributed by atoms with Crippen molar-refractivity contribution in [1.82, 2.24) is 20.4 Å². The van der Waals surface area contributed by atoms with E-state index in [0.717, 1.165) is 12.4 Å². The molecule has 3 aromatic rings. The zero-order valence-electron chi connectivity index (χ0n) is 12.8. The molecule has 3 rings (SSSR count). The molecule has 2 heterocycles. The van der Waals surface area contributed by atoms with Crippen molar-refractivity contribution < 1.29 is 14.1 Å². The summed E-state index contributed by atoms with van der Waals surface area (Å²) in [7, 11) is 0. The number of carbonyl (C=O) groups is 1. The van der Waals surface area contributed by atoms with E-state index in [1.165, 1.54) is 35.7 Å². The van der Waals surface area contributed by atoms with Crippen molar-refractivity contribution in [3.63, 3.8) is 0 Å². The van der Waals surface area contributed by atoms with Gasteiger partial charge in [0.15, 0.2) is 5.13 Å². The second-order valence-corrected chi connectivity index (χ2v) is 5.59. The van der Waals surface area contributed by atoms with Crippen LogP contribution in [0.2, 0.25) is 0 Å². The van der Waals surface area contributed by atoms with Crippen molar-refractivity contribution in [3.05, 3.63) is 63.7 Å². The first kappa shape index (κ1) is 17.2. The lowest BCUT2D eigenvalue weighted by Gasteiger charge is -2.10. The third-order valence-electron chi connectivity index (χ3n) is 3.08. The van der Waals surface area contributed by atoms with Gasteiger partial charge in [-0.25, -0.2) is 19.3 Å². The summed E-state index contributed by atoms with van der Waals surface area (Å²) in [5.74, 6) is -1.92. The molecule has 0 atom stereocenters. The molecule has 3 N–H and O–H groups in total. The molecule has 10 nitrogen and oxygen atoms in total. The Hall–Kier alpha value is -3.67. The summed E-state index contributed by atoms with van der Waals surface area (Å²) in [6.07, 6.45) is 2.59. The van der Waals surface area contributed by atoms with Gasteiger partial charge < -0.3 is 5.32 Å². The lowest BCUT2D eigenvalue weighted by molar-refractivity contribution is -0.383. The number of nitro groups is 1. The summed E-state index contributed by atoms with van der Waals surface area (Å²) in [6.45, 7) is 0. The minimum Gasteiger partial charge on any atom is -0.310 e. The summed E-state index contributed by atoms with van der Waals surface area (Å²) >= 11 is 1.22. The predicted octanol–water partition coefficient (Wildman–Crippen LogP) is 2.48. The Morgan fingerprint density at radius 3 is 2.65 bits per heavy atom. The first-order valence-corrected chi connectivity index (χ1v) is 7.91. The molecule has 0 fully saturated rings. The number of nitrogens with zero attached hydrogens (tertiary/aromatic N) is 4. The highest BCUT2D eigenvalue weighted by atomic mass is 32.1. The molecule has 0 aliphatic carbocycles. The third kappa shape index (κ3) is 3.70. The van der Waals surface area contributed by atoms with Gasteiger partial charge in [-0.3, -0.25) is 25.8 Å². The van der Waals surface area contributed by atoms with Crippen LogP contribution < -0.4 is 16.2 Å². The van der Waals surface area contributed by atoms with Crippen molar-refractivity contribution in [2.45, 2.75) is 0 Å². The van der Waals surface area contributed by atoms with Crippen molar-refractivity contribution >= 4 is 39.7 Å². The van der Waals surface area contributed by atoms with E-state index in [0.29, 0.717) is 5.13 Å². The fourth-order valence-corrected chi connectivity index (χ4v) is 2.48. The Kier molecular flexibility index (Phi) is 4.94. The van der Waals surface area contributed by atoms with E-state index in [1.54, 1.807) is 5.38 Å². The summed E-state index contributed by atoms with van der Waals surface area (Å²) in [5, 5.41) is 16.2. The van der Waals surface area contributed by atoms with Crippen LogP contribution >= 0.6 is 11.3 Å². The predicted molar refractivity (Wildman–Crippen MR) is 91.6 cm³/mol. The second kappa shape index (κ2) is 7.48. The quantitative estimate of drug-likeness (QED) is 0.442. The van der Waals surface area contributed by atoms with Gasteiger partial charge in [-0.15, -0.1) is 11.3 Å². The highest BCUT2D eigenvalue weighted by Gasteiger charge is 2.24. The molecule has 0 spiro atoms. The van der Waals surface area contributed by atoms with Crippen LogP contribution in [-0.4, -0.2) is 25.8 Å². The molecular formula is C14H10FN7O3S. The van der Waals surface area contributed by atoms with Crippen LogP contribution in [0.4, 0.5) is 26.8 Å². The minimum atomic E-state index is -0.814. The summed E-state index contributed by atoms with van der Waals surface area (Å²) < 4.78 is 13.6. The van der Waals surface area contributed by atoms with Gasteiger partial charge in [-0.05, 0) is 12.1 Å². The Morgan fingerprint density at radius 1 is 1.19 bits per heavy atom.